The zero-order valence-electron chi connectivity index (χ0n) is 12.0. The maximum absolute atomic E-state index is 12.0. The molecule has 118 valence electrons. The van der Waals surface area contributed by atoms with Gasteiger partial charge < -0.3 is 9.84 Å². The van der Waals surface area contributed by atoms with Gasteiger partial charge in [0.2, 0.25) is 5.91 Å². The summed E-state index contributed by atoms with van der Waals surface area (Å²) in [7, 11) is -1.40. The van der Waals surface area contributed by atoms with Crippen molar-refractivity contribution in [3.63, 3.8) is 0 Å². The Kier molecular flexibility index (Phi) is 4.94. The number of hydrogen-bond donors (Lipinski definition) is 1. The van der Waals surface area contributed by atoms with E-state index in [0.29, 0.717) is 17.4 Å². The largest absolute Gasteiger partial charge is 0.334 e. The lowest BCUT2D eigenvalue weighted by Crippen LogP contribution is -2.20. The molecule has 0 aliphatic rings. The molecule has 0 saturated heterocycles. The number of amides is 1. The van der Waals surface area contributed by atoms with E-state index in [1.165, 1.54) is 11.3 Å². The Morgan fingerprint density at radius 2 is 2.09 bits per heavy atom. The van der Waals surface area contributed by atoms with Crippen LogP contribution in [0.25, 0.3) is 11.5 Å². The van der Waals surface area contributed by atoms with Gasteiger partial charge in [0.25, 0.3) is 5.89 Å². The third-order valence-corrected chi connectivity index (χ3v) is 4.72. The van der Waals surface area contributed by atoms with Gasteiger partial charge in [0.1, 0.15) is 5.75 Å². The van der Waals surface area contributed by atoms with Crippen molar-refractivity contribution < 1.29 is 13.5 Å². The highest BCUT2D eigenvalue weighted by Gasteiger charge is 2.14. The molecule has 3 rings (SSSR count). The van der Waals surface area contributed by atoms with Crippen LogP contribution in [0.15, 0.2) is 51.7 Å². The van der Waals surface area contributed by atoms with Crippen molar-refractivity contribution in [2.75, 3.05) is 11.1 Å². The molecule has 1 aromatic carbocycles. The summed E-state index contributed by atoms with van der Waals surface area (Å²) >= 11 is 1.53. The van der Waals surface area contributed by atoms with Crippen molar-refractivity contribution in [1.29, 1.82) is 0 Å². The Labute approximate surface area is 139 Å². The van der Waals surface area contributed by atoms with Crippen molar-refractivity contribution in [1.82, 2.24) is 10.1 Å². The molecule has 0 saturated carbocycles. The van der Waals surface area contributed by atoms with Crippen LogP contribution in [-0.4, -0.2) is 26.0 Å². The minimum Gasteiger partial charge on any atom is -0.334 e. The molecule has 1 atom stereocenters. The predicted molar refractivity (Wildman–Crippen MR) is 89.4 cm³/mol. The lowest BCUT2D eigenvalue weighted by molar-refractivity contribution is -0.113. The summed E-state index contributed by atoms with van der Waals surface area (Å²) in [6.45, 7) is 0. The van der Waals surface area contributed by atoms with E-state index in [2.05, 4.69) is 15.5 Å². The zero-order chi connectivity index (χ0) is 16.1. The molecular formula is C15H13N3O3S2. The standard InChI is InChI=1S/C15H13N3O3S2/c19-14(16-12-4-2-1-3-5-12)10-23(20)9-13-17-15(21-18-13)11-6-7-22-8-11/h1-8H,9-10H2,(H,16,19). The highest BCUT2D eigenvalue weighted by molar-refractivity contribution is 7.84. The van der Waals surface area contributed by atoms with Crippen molar-refractivity contribution in [2.24, 2.45) is 0 Å². The molecule has 0 radical (unpaired) electrons. The Hall–Kier alpha value is -2.32. The van der Waals surface area contributed by atoms with E-state index in [0.717, 1.165) is 5.56 Å². The van der Waals surface area contributed by atoms with Gasteiger partial charge >= 0.3 is 0 Å². The molecule has 1 unspecified atom stereocenters. The smallest absolute Gasteiger partial charge is 0.258 e. The van der Waals surface area contributed by atoms with Crippen LogP contribution < -0.4 is 5.32 Å². The van der Waals surface area contributed by atoms with Gasteiger partial charge in [-0.25, -0.2) is 0 Å². The molecule has 2 heterocycles. The highest BCUT2D eigenvalue weighted by atomic mass is 32.2. The Bertz CT molecular complexity index is 801. The SMILES string of the molecule is O=C(CS(=O)Cc1noc(-c2ccsc2)n1)Nc1ccccc1. The number of nitrogens with zero attached hydrogens (tertiary/aromatic N) is 2. The monoisotopic (exact) mass is 347 g/mol. The predicted octanol–water partition coefficient (Wildman–Crippen LogP) is 2.69. The molecule has 0 fully saturated rings. The molecule has 1 N–H and O–H groups in total. The fourth-order valence-corrected chi connectivity index (χ4v) is 3.38. The second kappa shape index (κ2) is 7.30. The summed E-state index contributed by atoms with van der Waals surface area (Å²) in [6, 6.07) is 10.9. The quantitative estimate of drug-likeness (QED) is 0.741. The second-order valence-corrected chi connectivity index (χ2v) is 6.91. The number of rotatable bonds is 6. The van der Waals surface area contributed by atoms with E-state index in [4.69, 9.17) is 4.52 Å². The number of aromatic nitrogens is 2. The van der Waals surface area contributed by atoms with E-state index in [-0.39, 0.29) is 17.4 Å². The molecular weight excluding hydrogens is 334 g/mol. The maximum Gasteiger partial charge on any atom is 0.258 e. The van der Waals surface area contributed by atoms with Crippen molar-refractivity contribution >= 4 is 33.7 Å². The third kappa shape index (κ3) is 4.33. The number of carbonyl (C=O) groups is 1. The van der Waals surface area contributed by atoms with Crippen molar-refractivity contribution in [2.45, 2.75) is 5.75 Å². The number of anilines is 1. The first-order chi connectivity index (χ1) is 11.2. The van der Waals surface area contributed by atoms with Gasteiger partial charge in [-0.3, -0.25) is 9.00 Å². The number of thiophene rings is 1. The van der Waals surface area contributed by atoms with Crippen LogP contribution in [0, 0.1) is 0 Å². The number of benzene rings is 1. The van der Waals surface area contributed by atoms with Crippen LogP contribution in [0.1, 0.15) is 5.82 Å². The first kappa shape index (κ1) is 15.6. The number of nitrogens with one attached hydrogen (secondary N) is 1. The van der Waals surface area contributed by atoms with Gasteiger partial charge in [0.05, 0.1) is 11.3 Å². The molecule has 1 amide bonds. The molecule has 0 bridgehead atoms. The Balaban J connectivity index is 1.54. The normalized spacial score (nSPS) is 12.0. The molecule has 2 aromatic heterocycles. The summed E-state index contributed by atoms with van der Waals surface area (Å²) in [6.07, 6.45) is 0. The minimum absolute atomic E-state index is 0.0792. The van der Waals surface area contributed by atoms with Crippen LogP contribution in [0.4, 0.5) is 5.69 Å². The van der Waals surface area contributed by atoms with Gasteiger partial charge in [-0.2, -0.15) is 16.3 Å². The first-order valence-electron chi connectivity index (χ1n) is 6.76. The van der Waals surface area contributed by atoms with Gasteiger partial charge in [0, 0.05) is 21.9 Å². The van der Waals surface area contributed by atoms with E-state index in [9.17, 15) is 9.00 Å². The topological polar surface area (TPSA) is 85.1 Å². The summed E-state index contributed by atoms with van der Waals surface area (Å²) in [4.78, 5) is 16.0. The van der Waals surface area contributed by atoms with Gasteiger partial charge in [0.15, 0.2) is 5.82 Å². The number of hydrogen-bond acceptors (Lipinski definition) is 6. The molecule has 0 aliphatic carbocycles. The summed E-state index contributed by atoms with van der Waals surface area (Å²) < 4.78 is 17.2. The fourth-order valence-electron chi connectivity index (χ4n) is 1.88. The summed E-state index contributed by atoms with van der Waals surface area (Å²) in [5, 5.41) is 10.3. The van der Waals surface area contributed by atoms with E-state index >= 15 is 0 Å². The number of carbonyl (C=O) groups excluding carboxylic acids is 1. The second-order valence-electron chi connectivity index (χ2n) is 4.67. The van der Waals surface area contributed by atoms with Crippen LogP contribution in [0.5, 0.6) is 0 Å². The summed E-state index contributed by atoms with van der Waals surface area (Å²) in [5.41, 5.74) is 1.51. The highest BCUT2D eigenvalue weighted by Crippen LogP contribution is 2.20. The lowest BCUT2D eigenvalue weighted by Gasteiger charge is -2.03. The van der Waals surface area contributed by atoms with Crippen LogP contribution in [0.3, 0.4) is 0 Å². The fraction of sp³-hybridized carbons (Fsp3) is 0.133. The van der Waals surface area contributed by atoms with Gasteiger partial charge in [-0.05, 0) is 23.6 Å². The van der Waals surface area contributed by atoms with Crippen molar-refractivity contribution in [3.05, 3.63) is 53.0 Å². The van der Waals surface area contributed by atoms with E-state index in [1.54, 1.807) is 12.1 Å². The van der Waals surface area contributed by atoms with Crippen LogP contribution in [0.2, 0.25) is 0 Å². The summed E-state index contributed by atoms with van der Waals surface area (Å²) in [5.74, 6) is 0.382. The third-order valence-electron chi connectivity index (χ3n) is 2.88. The Morgan fingerprint density at radius 1 is 1.26 bits per heavy atom. The molecule has 8 heteroatoms. The maximum atomic E-state index is 12.0. The van der Waals surface area contributed by atoms with E-state index < -0.39 is 10.8 Å². The lowest BCUT2D eigenvalue weighted by atomic mass is 10.3. The van der Waals surface area contributed by atoms with E-state index in [1.807, 2.05) is 35.0 Å². The molecule has 6 nitrogen and oxygen atoms in total. The van der Waals surface area contributed by atoms with Gasteiger partial charge in [-0.15, -0.1) is 0 Å². The van der Waals surface area contributed by atoms with Gasteiger partial charge in [-0.1, -0.05) is 23.4 Å². The first-order valence-corrected chi connectivity index (χ1v) is 9.19. The average Bonchev–Trinajstić information content (AvgIpc) is 3.18. The Morgan fingerprint density at radius 3 is 2.83 bits per heavy atom. The van der Waals surface area contributed by atoms with Crippen LogP contribution >= 0.6 is 11.3 Å². The molecule has 0 spiro atoms. The zero-order valence-corrected chi connectivity index (χ0v) is 13.6. The number of para-hydroxylation sites is 1. The van der Waals surface area contributed by atoms with Crippen molar-refractivity contribution in [3.8, 4) is 11.5 Å². The molecule has 23 heavy (non-hydrogen) atoms. The molecule has 3 aromatic rings. The average molecular weight is 347 g/mol. The minimum atomic E-state index is -1.40. The van der Waals surface area contributed by atoms with Crippen LogP contribution in [-0.2, 0) is 21.3 Å². The molecule has 0 aliphatic heterocycles.